The minimum absolute atomic E-state index is 0.0771. The Balaban J connectivity index is 1.62. The fourth-order valence-corrected chi connectivity index (χ4v) is 2.83. The number of rotatable bonds is 5. The normalized spacial score (nSPS) is 18.1. The highest BCUT2D eigenvalue weighted by Crippen LogP contribution is 2.15. The lowest BCUT2D eigenvalue weighted by atomic mass is 10.1. The minimum atomic E-state index is 0.0771. The molecule has 0 aromatic carbocycles. The molecule has 0 saturated carbocycles. The van der Waals surface area contributed by atoms with Gasteiger partial charge in [-0.2, -0.15) is 5.10 Å². The molecule has 2 aromatic rings. The monoisotopic (exact) mass is 315 g/mol. The molecule has 0 N–H and O–H groups in total. The lowest BCUT2D eigenvalue weighted by molar-refractivity contribution is -0.141. The third kappa shape index (κ3) is 3.92. The molecule has 23 heavy (non-hydrogen) atoms. The predicted octanol–water partition coefficient (Wildman–Crippen LogP) is 0.842. The predicted molar refractivity (Wildman–Crippen MR) is 83.6 cm³/mol. The lowest BCUT2D eigenvalue weighted by Gasteiger charge is -2.35. The first-order valence-corrected chi connectivity index (χ1v) is 7.85. The largest absolute Gasteiger partial charge is 0.377 e. The first-order chi connectivity index (χ1) is 11.2. The standard InChI is InChI=1S/C16H21N5O2/c1-13-15(18-7-6-17-13)4-3-14-12-23-10-9-21(14)16(22)11-20-8-2-5-19-20/h2,5-8,14H,3-4,9-12H2,1H3/t14-/m0/s1. The first kappa shape index (κ1) is 15.6. The molecule has 122 valence electrons. The van der Waals surface area contributed by atoms with Crippen molar-refractivity contribution in [2.75, 3.05) is 19.8 Å². The summed E-state index contributed by atoms with van der Waals surface area (Å²) in [6, 6.07) is 1.90. The second kappa shape index (κ2) is 7.32. The van der Waals surface area contributed by atoms with Gasteiger partial charge in [0.05, 0.1) is 30.6 Å². The van der Waals surface area contributed by atoms with E-state index >= 15 is 0 Å². The number of morpholine rings is 1. The Morgan fingerprint density at radius 1 is 1.35 bits per heavy atom. The smallest absolute Gasteiger partial charge is 0.244 e. The van der Waals surface area contributed by atoms with E-state index in [0.717, 1.165) is 24.2 Å². The van der Waals surface area contributed by atoms with Crippen molar-refractivity contribution in [1.82, 2.24) is 24.6 Å². The summed E-state index contributed by atoms with van der Waals surface area (Å²) in [6.07, 6.45) is 8.50. The lowest BCUT2D eigenvalue weighted by Crippen LogP contribution is -2.50. The minimum Gasteiger partial charge on any atom is -0.377 e. The first-order valence-electron chi connectivity index (χ1n) is 7.85. The summed E-state index contributed by atoms with van der Waals surface area (Å²) in [4.78, 5) is 23.1. The van der Waals surface area contributed by atoms with E-state index in [9.17, 15) is 4.79 Å². The van der Waals surface area contributed by atoms with Crippen LogP contribution in [0.3, 0.4) is 0 Å². The number of amides is 1. The number of carbonyl (C=O) groups is 1. The van der Waals surface area contributed by atoms with Crippen molar-refractivity contribution in [3.8, 4) is 0 Å². The fraction of sp³-hybridized carbons (Fsp3) is 0.500. The summed E-state index contributed by atoms with van der Waals surface area (Å²) in [6.45, 7) is 4.02. The summed E-state index contributed by atoms with van der Waals surface area (Å²) in [5.74, 6) is 0.0814. The topological polar surface area (TPSA) is 73.1 Å². The van der Waals surface area contributed by atoms with Gasteiger partial charge in [-0.1, -0.05) is 0 Å². The molecule has 3 rings (SSSR count). The Bertz CT molecular complexity index is 644. The number of aromatic nitrogens is 4. The van der Waals surface area contributed by atoms with Crippen molar-refractivity contribution in [2.45, 2.75) is 32.4 Å². The van der Waals surface area contributed by atoms with Crippen LogP contribution in [0.5, 0.6) is 0 Å². The molecular weight excluding hydrogens is 294 g/mol. The van der Waals surface area contributed by atoms with Crippen molar-refractivity contribution in [1.29, 1.82) is 0 Å². The van der Waals surface area contributed by atoms with E-state index in [1.807, 2.05) is 17.9 Å². The second-order valence-electron chi connectivity index (χ2n) is 5.65. The zero-order valence-electron chi connectivity index (χ0n) is 13.3. The molecule has 0 aliphatic carbocycles. The van der Waals surface area contributed by atoms with Crippen LogP contribution in [-0.2, 0) is 22.5 Å². The van der Waals surface area contributed by atoms with Gasteiger partial charge >= 0.3 is 0 Å². The van der Waals surface area contributed by atoms with Crippen molar-refractivity contribution in [3.05, 3.63) is 42.2 Å². The Morgan fingerprint density at radius 2 is 2.22 bits per heavy atom. The molecule has 1 saturated heterocycles. The van der Waals surface area contributed by atoms with Gasteiger partial charge in [-0.15, -0.1) is 0 Å². The maximum atomic E-state index is 12.5. The summed E-state index contributed by atoms with van der Waals surface area (Å²) in [7, 11) is 0. The van der Waals surface area contributed by atoms with Crippen molar-refractivity contribution in [2.24, 2.45) is 0 Å². The highest BCUT2D eigenvalue weighted by atomic mass is 16.5. The van der Waals surface area contributed by atoms with Crippen LogP contribution in [0.2, 0.25) is 0 Å². The molecule has 0 unspecified atom stereocenters. The van der Waals surface area contributed by atoms with Gasteiger partial charge in [0, 0.05) is 31.3 Å². The number of ether oxygens (including phenoxy) is 1. The number of hydrogen-bond acceptors (Lipinski definition) is 5. The molecule has 1 amide bonds. The summed E-state index contributed by atoms with van der Waals surface area (Å²) in [5.41, 5.74) is 1.93. The number of aryl methyl sites for hydroxylation is 2. The molecule has 2 aromatic heterocycles. The number of carbonyl (C=O) groups excluding carboxylic acids is 1. The van der Waals surface area contributed by atoms with Crippen LogP contribution >= 0.6 is 0 Å². The van der Waals surface area contributed by atoms with Gasteiger partial charge in [-0.25, -0.2) is 0 Å². The van der Waals surface area contributed by atoms with E-state index in [4.69, 9.17) is 4.74 Å². The molecule has 0 spiro atoms. The highest BCUT2D eigenvalue weighted by molar-refractivity contribution is 5.76. The zero-order valence-corrected chi connectivity index (χ0v) is 13.3. The molecule has 0 radical (unpaired) electrons. The molecule has 7 nitrogen and oxygen atoms in total. The Morgan fingerprint density at radius 3 is 3.00 bits per heavy atom. The highest BCUT2D eigenvalue weighted by Gasteiger charge is 2.27. The molecule has 1 aliphatic rings. The van der Waals surface area contributed by atoms with Crippen molar-refractivity contribution >= 4 is 5.91 Å². The molecule has 1 aliphatic heterocycles. The third-order valence-corrected chi connectivity index (χ3v) is 4.10. The molecule has 3 heterocycles. The van der Waals surface area contributed by atoms with E-state index in [0.29, 0.717) is 19.8 Å². The Hall–Kier alpha value is -2.28. The third-order valence-electron chi connectivity index (χ3n) is 4.10. The summed E-state index contributed by atoms with van der Waals surface area (Å²) >= 11 is 0. The van der Waals surface area contributed by atoms with Gasteiger partial charge in [0.15, 0.2) is 0 Å². The van der Waals surface area contributed by atoms with Gasteiger partial charge in [0.25, 0.3) is 0 Å². The van der Waals surface area contributed by atoms with Gasteiger partial charge in [-0.3, -0.25) is 19.4 Å². The van der Waals surface area contributed by atoms with Crippen LogP contribution < -0.4 is 0 Å². The van der Waals surface area contributed by atoms with Crippen LogP contribution in [0.4, 0.5) is 0 Å². The van der Waals surface area contributed by atoms with Gasteiger partial charge < -0.3 is 9.64 Å². The Labute approximate surface area is 135 Å². The van der Waals surface area contributed by atoms with Crippen LogP contribution in [0, 0.1) is 6.92 Å². The van der Waals surface area contributed by atoms with E-state index in [1.54, 1.807) is 29.5 Å². The van der Waals surface area contributed by atoms with Gasteiger partial charge in [0.2, 0.25) is 5.91 Å². The molecule has 0 bridgehead atoms. The summed E-state index contributed by atoms with van der Waals surface area (Å²) < 4.78 is 7.22. The number of hydrogen-bond donors (Lipinski definition) is 0. The molecule has 1 fully saturated rings. The average molecular weight is 315 g/mol. The van der Waals surface area contributed by atoms with Gasteiger partial charge in [0.1, 0.15) is 6.54 Å². The van der Waals surface area contributed by atoms with Crippen molar-refractivity contribution < 1.29 is 9.53 Å². The van der Waals surface area contributed by atoms with Crippen LogP contribution in [-0.4, -0.2) is 56.4 Å². The van der Waals surface area contributed by atoms with E-state index in [-0.39, 0.29) is 18.5 Å². The SMILES string of the molecule is Cc1nccnc1CC[C@H]1COCCN1C(=O)Cn1cccn1. The average Bonchev–Trinajstić information content (AvgIpc) is 3.07. The van der Waals surface area contributed by atoms with Crippen LogP contribution in [0.1, 0.15) is 17.8 Å². The maximum Gasteiger partial charge on any atom is 0.244 e. The van der Waals surface area contributed by atoms with E-state index in [2.05, 4.69) is 15.1 Å². The fourth-order valence-electron chi connectivity index (χ4n) is 2.83. The van der Waals surface area contributed by atoms with Crippen LogP contribution in [0.15, 0.2) is 30.9 Å². The van der Waals surface area contributed by atoms with Crippen molar-refractivity contribution in [3.63, 3.8) is 0 Å². The van der Waals surface area contributed by atoms with E-state index < -0.39 is 0 Å². The maximum absolute atomic E-state index is 12.5. The molecule has 1 atom stereocenters. The van der Waals surface area contributed by atoms with Crippen LogP contribution in [0.25, 0.3) is 0 Å². The summed E-state index contributed by atoms with van der Waals surface area (Å²) in [5, 5.41) is 4.10. The van der Waals surface area contributed by atoms with E-state index in [1.165, 1.54) is 0 Å². The molecule has 7 heteroatoms. The quantitative estimate of drug-likeness (QED) is 0.817. The zero-order chi connectivity index (χ0) is 16.1. The second-order valence-corrected chi connectivity index (χ2v) is 5.65. The molecular formula is C16H21N5O2. The number of nitrogens with zero attached hydrogens (tertiary/aromatic N) is 5. The Kier molecular flexibility index (Phi) is 4.97. The van der Waals surface area contributed by atoms with Gasteiger partial charge in [-0.05, 0) is 25.8 Å².